The van der Waals surface area contributed by atoms with Crippen molar-refractivity contribution >= 4 is 5.71 Å². The molecule has 2 aliphatic heterocycles. The largest absolute Gasteiger partial charge is 0.311 e. The van der Waals surface area contributed by atoms with Crippen molar-refractivity contribution in [3.8, 4) is 0 Å². The summed E-state index contributed by atoms with van der Waals surface area (Å²) in [7, 11) is 0. The molecule has 0 amide bonds. The molecule has 2 heterocycles. The van der Waals surface area contributed by atoms with Crippen LogP contribution in [-0.4, -0.2) is 25.3 Å². The molecule has 0 aromatic carbocycles. The predicted octanol–water partition coefficient (Wildman–Crippen LogP) is 1.63. The zero-order chi connectivity index (χ0) is 9.47. The molecule has 0 saturated carbocycles. The lowest BCUT2D eigenvalue weighted by atomic mass is 9.73. The van der Waals surface area contributed by atoms with Crippen molar-refractivity contribution in [1.82, 2.24) is 5.32 Å². The van der Waals surface area contributed by atoms with Crippen LogP contribution in [0.3, 0.4) is 0 Å². The normalized spacial score (nSPS) is 28.1. The van der Waals surface area contributed by atoms with Crippen LogP contribution >= 0.6 is 0 Å². The first kappa shape index (κ1) is 8.95. The number of rotatable bonds is 0. The van der Waals surface area contributed by atoms with Gasteiger partial charge in [-0.3, -0.25) is 4.99 Å². The van der Waals surface area contributed by atoms with Gasteiger partial charge in [0.25, 0.3) is 0 Å². The Morgan fingerprint density at radius 1 is 1.46 bits per heavy atom. The van der Waals surface area contributed by atoms with Gasteiger partial charge in [0.2, 0.25) is 0 Å². The van der Waals surface area contributed by atoms with Gasteiger partial charge >= 0.3 is 0 Å². The molecule has 1 unspecified atom stereocenters. The molecule has 2 aliphatic rings. The van der Waals surface area contributed by atoms with Gasteiger partial charge in [0.15, 0.2) is 0 Å². The number of nitrogens with one attached hydrogen (secondary N) is 1. The predicted molar refractivity (Wildman–Crippen MR) is 56.2 cm³/mol. The third-order valence-corrected chi connectivity index (χ3v) is 2.99. The molecule has 0 radical (unpaired) electrons. The van der Waals surface area contributed by atoms with Gasteiger partial charge in [-0.2, -0.15) is 0 Å². The second-order valence-electron chi connectivity index (χ2n) is 5.00. The van der Waals surface area contributed by atoms with Crippen LogP contribution in [0.5, 0.6) is 0 Å². The fourth-order valence-electron chi connectivity index (χ4n) is 2.18. The summed E-state index contributed by atoms with van der Waals surface area (Å²) in [5.74, 6) is 0.641. The van der Waals surface area contributed by atoms with Crippen LogP contribution in [-0.2, 0) is 0 Å². The highest BCUT2D eigenvalue weighted by Gasteiger charge is 2.33. The molecule has 1 atom stereocenters. The van der Waals surface area contributed by atoms with E-state index in [2.05, 4.69) is 37.2 Å². The first-order chi connectivity index (χ1) is 6.09. The van der Waals surface area contributed by atoms with Crippen LogP contribution in [0.2, 0.25) is 0 Å². The van der Waals surface area contributed by atoms with Gasteiger partial charge in [0.05, 0.1) is 12.3 Å². The molecule has 72 valence electrons. The molecule has 1 saturated heterocycles. The van der Waals surface area contributed by atoms with E-state index in [0.29, 0.717) is 11.3 Å². The van der Waals surface area contributed by atoms with Gasteiger partial charge in [-0.05, 0) is 11.0 Å². The summed E-state index contributed by atoms with van der Waals surface area (Å²) in [5.41, 5.74) is 3.15. The monoisotopic (exact) mass is 178 g/mol. The number of nitrogens with zero attached hydrogens (tertiary/aromatic N) is 1. The highest BCUT2D eigenvalue weighted by Crippen LogP contribution is 2.35. The topological polar surface area (TPSA) is 24.4 Å². The standard InChI is InChI=1S/C11H18N2/c1-11(2,3)9-6-12-7-10-8(9)4-5-13-10/h4,9,12H,5-7H2,1-3H3. The lowest BCUT2D eigenvalue weighted by Crippen LogP contribution is -2.43. The molecular weight excluding hydrogens is 160 g/mol. The van der Waals surface area contributed by atoms with E-state index in [0.717, 1.165) is 19.6 Å². The lowest BCUT2D eigenvalue weighted by Gasteiger charge is -2.36. The van der Waals surface area contributed by atoms with E-state index in [-0.39, 0.29) is 0 Å². The van der Waals surface area contributed by atoms with Crippen molar-refractivity contribution in [3.05, 3.63) is 11.6 Å². The van der Waals surface area contributed by atoms with Crippen molar-refractivity contribution in [2.24, 2.45) is 16.3 Å². The maximum Gasteiger partial charge on any atom is 0.0580 e. The van der Waals surface area contributed by atoms with Crippen LogP contribution in [0.15, 0.2) is 16.6 Å². The lowest BCUT2D eigenvalue weighted by molar-refractivity contribution is 0.273. The summed E-state index contributed by atoms with van der Waals surface area (Å²) in [4.78, 5) is 4.48. The van der Waals surface area contributed by atoms with E-state index in [1.165, 1.54) is 11.3 Å². The van der Waals surface area contributed by atoms with E-state index in [9.17, 15) is 0 Å². The zero-order valence-corrected chi connectivity index (χ0v) is 8.72. The minimum Gasteiger partial charge on any atom is -0.311 e. The minimum absolute atomic E-state index is 0.352. The van der Waals surface area contributed by atoms with Crippen LogP contribution in [0.25, 0.3) is 0 Å². The highest BCUT2D eigenvalue weighted by molar-refractivity contribution is 6.04. The van der Waals surface area contributed by atoms with Gasteiger partial charge in [-0.25, -0.2) is 0 Å². The van der Waals surface area contributed by atoms with Crippen molar-refractivity contribution < 1.29 is 0 Å². The maximum absolute atomic E-state index is 4.48. The summed E-state index contributed by atoms with van der Waals surface area (Å²) in [5, 5.41) is 3.44. The third kappa shape index (κ3) is 1.55. The number of hydrogen-bond donors (Lipinski definition) is 1. The minimum atomic E-state index is 0.352. The average Bonchev–Trinajstić information content (AvgIpc) is 2.48. The zero-order valence-electron chi connectivity index (χ0n) is 8.72. The molecule has 13 heavy (non-hydrogen) atoms. The van der Waals surface area contributed by atoms with Gasteiger partial charge < -0.3 is 5.32 Å². The summed E-state index contributed by atoms with van der Waals surface area (Å²) < 4.78 is 0. The number of fused-ring (bicyclic) bond motifs is 1. The molecule has 0 aliphatic carbocycles. The molecule has 0 bridgehead atoms. The molecule has 2 heteroatoms. The Morgan fingerprint density at radius 3 is 2.92 bits per heavy atom. The SMILES string of the molecule is CC(C)(C)C1CNCC2=NCC=C21. The molecule has 0 aromatic rings. The second kappa shape index (κ2) is 2.95. The van der Waals surface area contributed by atoms with Crippen LogP contribution in [0, 0.1) is 11.3 Å². The van der Waals surface area contributed by atoms with E-state index in [4.69, 9.17) is 0 Å². The Balaban J connectivity index is 2.25. The van der Waals surface area contributed by atoms with Crippen molar-refractivity contribution in [1.29, 1.82) is 0 Å². The van der Waals surface area contributed by atoms with Crippen molar-refractivity contribution in [2.75, 3.05) is 19.6 Å². The van der Waals surface area contributed by atoms with Crippen LogP contribution < -0.4 is 5.32 Å². The van der Waals surface area contributed by atoms with Crippen LogP contribution in [0.1, 0.15) is 20.8 Å². The first-order valence-corrected chi connectivity index (χ1v) is 5.03. The van der Waals surface area contributed by atoms with Gasteiger partial charge in [-0.15, -0.1) is 0 Å². The molecule has 0 spiro atoms. The van der Waals surface area contributed by atoms with Crippen molar-refractivity contribution in [3.63, 3.8) is 0 Å². The molecule has 2 nitrogen and oxygen atoms in total. The number of piperidine rings is 1. The second-order valence-corrected chi connectivity index (χ2v) is 5.00. The summed E-state index contributed by atoms with van der Waals surface area (Å²) in [6.45, 7) is 9.90. The summed E-state index contributed by atoms with van der Waals surface area (Å²) in [6, 6.07) is 0. The molecular formula is C11H18N2. The summed E-state index contributed by atoms with van der Waals surface area (Å²) in [6.07, 6.45) is 2.30. The Morgan fingerprint density at radius 2 is 2.23 bits per heavy atom. The Hall–Kier alpha value is -0.630. The fraction of sp³-hybridized carbons (Fsp3) is 0.727. The number of aliphatic imine (C=N–C) groups is 1. The number of hydrogen-bond acceptors (Lipinski definition) is 2. The highest BCUT2D eigenvalue weighted by atomic mass is 14.9. The first-order valence-electron chi connectivity index (χ1n) is 5.03. The smallest absolute Gasteiger partial charge is 0.0580 e. The van der Waals surface area contributed by atoms with Crippen LogP contribution in [0.4, 0.5) is 0 Å². The van der Waals surface area contributed by atoms with E-state index in [1.807, 2.05) is 0 Å². The third-order valence-electron chi connectivity index (χ3n) is 2.99. The Labute approximate surface area is 80.1 Å². The molecule has 1 fully saturated rings. The van der Waals surface area contributed by atoms with E-state index < -0.39 is 0 Å². The van der Waals surface area contributed by atoms with Gasteiger partial charge in [0, 0.05) is 19.0 Å². The maximum atomic E-state index is 4.48. The van der Waals surface area contributed by atoms with Gasteiger partial charge in [0.1, 0.15) is 0 Å². The molecule has 0 aromatic heterocycles. The quantitative estimate of drug-likeness (QED) is 0.599. The average molecular weight is 178 g/mol. The van der Waals surface area contributed by atoms with E-state index >= 15 is 0 Å². The summed E-state index contributed by atoms with van der Waals surface area (Å²) >= 11 is 0. The molecule has 2 rings (SSSR count). The van der Waals surface area contributed by atoms with E-state index in [1.54, 1.807) is 0 Å². The van der Waals surface area contributed by atoms with Gasteiger partial charge in [-0.1, -0.05) is 26.8 Å². The Bertz CT molecular complexity index is 268. The molecule has 1 N–H and O–H groups in total. The fourth-order valence-corrected chi connectivity index (χ4v) is 2.18. The Kier molecular flexibility index (Phi) is 2.03. The van der Waals surface area contributed by atoms with Crippen molar-refractivity contribution in [2.45, 2.75) is 20.8 Å².